The first kappa shape index (κ1) is 15.0. The van der Waals surface area contributed by atoms with Gasteiger partial charge in [0.2, 0.25) is 0 Å². The van der Waals surface area contributed by atoms with Crippen molar-refractivity contribution in [2.45, 2.75) is 76.4 Å². The zero-order valence-corrected chi connectivity index (χ0v) is 13.3. The quantitative estimate of drug-likeness (QED) is 0.896. The van der Waals surface area contributed by atoms with Gasteiger partial charge in [-0.1, -0.05) is 13.3 Å². The Morgan fingerprint density at radius 2 is 2.10 bits per heavy atom. The second kappa shape index (κ2) is 6.93. The fourth-order valence-corrected chi connectivity index (χ4v) is 4.06. The minimum atomic E-state index is 0.415. The van der Waals surface area contributed by atoms with Crippen LogP contribution >= 0.6 is 0 Å². The highest BCUT2D eigenvalue weighted by Gasteiger charge is 2.25. The van der Waals surface area contributed by atoms with Gasteiger partial charge in [0.15, 0.2) is 0 Å². The van der Waals surface area contributed by atoms with Crippen LogP contribution in [-0.4, -0.2) is 28.2 Å². The first-order valence-corrected chi connectivity index (χ1v) is 8.77. The summed E-state index contributed by atoms with van der Waals surface area (Å²) in [5, 5.41) is 3.69. The third-order valence-corrected chi connectivity index (χ3v) is 5.49. The standard InChI is InChI=1S/C17H30N4/c1-2-13-7-8-19-15(11-13)12-17-20-9-10-21(17)16-5-3-14(18)4-6-16/h9-10,13-16,19H,2-8,11-12,18H2,1H3. The molecule has 0 spiro atoms. The van der Waals surface area contributed by atoms with Crippen LogP contribution in [0.5, 0.6) is 0 Å². The maximum Gasteiger partial charge on any atom is 0.110 e. The van der Waals surface area contributed by atoms with Crippen molar-refractivity contribution in [1.82, 2.24) is 14.9 Å². The summed E-state index contributed by atoms with van der Waals surface area (Å²) in [4.78, 5) is 4.65. The molecule has 4 nitrogen and oxygen atoms in total. The predicted molar refractivity (Wildman–Crippen MR) is 86.2 cm³/mol. The summed E-state index contributed by atoms with van der Waals surface area (Å²) in [5.74, 6) is 2.16. The van der Waals surface area contributed by atoms with E-state index in [1.54, 1.807) is 0 Å². The monoisotopic (exact) mass is 290 g/mol. The normalized spacial score (nSPS) is 34.0. The Bertz CT molecular complexity index is 434. The van der Waals surface area contributed by atoms with Crippen LogP contribution in [-0.2, 0) is 6.42 Å². The Balaban J connectivity index is 1.62. The minimum Gasteiger partial charge on any atom is -0.332 e. The highest BCUT2D eigenvalue weighted by molar-refractivity contribution is 5.00. The summed E-state index contributed by atoms with van der Waals surface area (Å²) in [5.41, 5.74) is 6.03. The Kier molecular flexibility index (Phi) is 4.96. The van der Waals surface area contributed by atoms with Crippen molar-refractivity contribution in [3.63, 3.8) is 0 Å². The molecule has 21 heavy (non-hydrogen) atoms. The Morgan fingerprint density at radius 1 is 1.29 bits per heavy atom. The molecular formula is C17H30N4. The van der Waals surface area contributed by atoms with E-state index in [4.69, 9.17) is 5.73 Å². The molecular weight excluding hydrogens is 260 g/mol. The van der Waals surface area contributed by atoms with Crippen molar-refractivity contribution in [2.24, 2.45) is 11.7 Å². The molecule has 118 valence electrons. The van der Waals surface area contributed by atoms with E-state index in [1.165, 1.54) is 44.5 Å². The molecule has 1 aromatic heterocycles. The number of rotatable bonds is 4. The van der Waals surface area contributed by atoms with Gasteiger partial charge in [0.25, 0.3) is 0 Å². The molecule has 1 aromatic rings. The number of nitrogens with two attached hydrogens (primary N) is 1. The molecule has 2 fully saturated rings. The van der Waals surface area contributed by atoms with E-state index in [0.717, 1.165) is 25.2 Å². The lowest BCUT2D eigenvalue weighted by molar-refractivity contribution is 0.280. The molecule has 4 heteroatoms. The molecule has 2 atom stereocenters. The topological polar surface area (TPSA) is 55.9 Å². The lowest BCUT2D eigenvalue weighted by Gasteiger charge is -2.31. The number of hydrogen-bond acceptors (Lipinski definition) is 3. The lowest BCUT2D eigenvalue weighted by atomic mass is 9.88. The number of piperidine rings is 1. The van der Waals surface area contributed by atoms with Gasteiger partial charge in [0.05, 0.1) is 0 Å². The Labute approximate surface area is 128 Å². The zero-order chi connectivity index (χ0) is 14.7. The van der Waals surface area contributed by atoms with Gasteiger partial charge in [-0.2, -0.15) is 0 Å². The van der Waals surface area contributed by atoms with Gasteiger partial charge < -0.3 is 15.6 Å². The summed E-state index contributed by atoms with van der Waals surface area (Å²) in [6.07, 6.45) is 13.9. The van der Waals surface area contributed by atoms with Crippen LogP contribution in [0, 0.1) is 5.92 Å². The van der Waals surface area contributed by atoms with Crippen LogP contribution in [0.3, 0.4) is 0 Å². The predicted octanol–water partition coefficient (Wildman–Crippen LogP) is 2.65. The maximum absolute atomic E-state index is 6.03. The second-order valence-electron chi connectivity index (χ2n) is 6.97. The molecule has 0 radical (unpaired) electrons. The summed E-state index contributed by atoms with van der Waals surface area (Å²) in [7, 11) is 0. The van der Waals surface area contributed by atoms with E-state index in [9.17, 15) is 0 Å². The first-order valence-electron chi connectivity index (χ1n) is 8.77. The fourth-order valence-electron chi connectivity index (χ4n) is 4.06. The Morgan fingerprint density at radius 3 is 2.86 bits per heavy atom. The van der Waals surface area contributed by atoms with Crippen molar-refractivity contribution in [2.75, 3.05) is 6.54 Å². The smallest absolute Gasteiger partial charge is 0.110 e. The third-order valence-electron chi connectivity index (χ3n) is 5.49. The minimum absolute atomic E-state index is 0.415. The van der Waals surface area contributed by atoms with Crippen LogP contribution in [0.4, 0.5) is 0 Å². The number of nitrogens with one attached hydrogen (secondary N) is 1. The van der Waals surface area contributed by atoms with Crippen LogP contribution < -0.4 is 11.1 Å². The van der Waals surface area contributed by atoms with Crippen molar-refractivity contribution in [3.8, 4) is 0 Å². The average molecular weight is 290 g/mol. The summed E-state index contributed by atoms with van der Waals surface area (Å²) < 4.78 is 2.43. The molecule has 1 aliphatic heterocycles. The molecule has 2 aliphatic rings. The van der Waals surface area contributed by atoms with E-state index >= 15 is 0 Å². The van der Waals surface area contributed by atoms with E-state index in [2.05, 4.69) is 28.0 Å². The average Bonchev–Trinajstić information content (AvgIpc) is 2.96. The van der Waals surface area contributed by atoms with Crippen molar-refractivity contribution >= 4 is 0 Å². The molecule has 1 saturated carbocycles. The number of aromatic nitrogens is 2. The largest absolute Gasteiger partial charge is 0.332 e. The van der Waals surface area contributed by atoms with Gasteiger partial charge in [0, 0.05) is 36.9 Å². The first-order chi connectivity index (χ1) is 10.3. The van der Waals surface area contributed by atoms with Gasteiger partial charge in [-0.25, -0.2) is 4.98 Å². The molecule has 1 saturated heterocycles. The van der Waals surface area contributed by atoms with E-state index in [1.807, 2.05) is 6.20 Å². The number of nitrogens with zero attached hydrogens (tertiary/aromatic N) is 2. The molecule has 3 N–H and O–H groups in total. The van der Waals surface area contributed by atoms with Crippen molar-refractivity contribution in [1.29, 1.82) is 0 Å². The molecule has 2 heterocycles. The van der Waals surface area contributed by atoms with Gasteiger partial charge >= 0.3 is 0 Å². The van der Waals surface area contributed by atoms with Gasteiger partial charge in [-0.15, -0.1) is 0 Å². The zero-order valence-electron chi connectivity index (χ0n) is 13.3. The van der Waals surface area contributed by atoms with E-state index < -0.39 is 0 Å². The fraction of sp³-hybridized carbons (Fsp3) is 0.824. The molecule has 3 rings (SSSR count). The van der Waals surface area contributed by atoms with Gasteiger partial charge in [0.1, 0.15) is 5.82 Å². The number of hydrogen-bond donors (Lipinski definition) is 2. The highest BCUT2D eigenvalue weighted by Crippen LogP contribution is 2.29. The van der Waals surface area contributed by atoms with Crippen LogP contribution in [0.1, 0.15) is 63.7 Å². The molecule has 1 aliphatic carbocycles. The van der Waals surface area contributed by atoms with E-state index in [-0.39, 0.29) is 0 Å². The number of imidazole rings is 1. The summed E-state index contributed by atoms with van der Waals surface area (Å²) in [6.45, 7) is 3.49. The second-order valence-corrected chi connectivity index (χ2v) is 6.97. The van der Waals surface area contributed by atoms with Gasteiger partial charge in [-0.05, 0) is 51.0 Å². The molecule has 0 aromatic carbocycles. The summed E-state index contributed by atoms with van der Waals surface area (Å²) >= 11 is 0. The van der Waals surface area contributed by atoms with Crippen molar-refractivity contribution in [3.05, 3.63) is 18.2 Å². The van der Waals surface area contributed by atoms with E-state index in [0.29, 0.717) is 18.1 Å². The van der Waals surface area contributed by atoms with Crippen molar-refractivity contribution < 1.29 is 0 Å². The maximum atomic E-state index is 6.03. The molecule has 2 unspecified atom stereocenters. The van der Waals surface area contributed by atoms with Crippen LogP contribution in [0.15, 0.2) is 12.4 Å². The van der Waals surface area contributed by atoms with Crippen LogP contribution in [0.25, 0.3) is 0 Å². The van der Waals surface area contributed by atoms with Crippen LogP contribution in [0.2, 0.25) is 0 Å². The SMILES string of the molecule is CCC1CCNC(Cc2nccn2C2CCC(N)CC2)C1. The highest BCUT2D eigenvalue weighted by atomic mass is 15.1. The third kappa shape index (κ3) is 3.67. The lowest BCUT2D eigenvalue weighted by Crippen LogP contribution is -2.40. The Hall–Kier alpha value is -0.870. The van der Waals surface area contributed by atoms with Gasteiger partial charge in [-0.3, -0.25) is 0 Å². The molecule has 0 bridgehead atoms. The summed E-state index contributed by atoms with van der Waals surface area (Å²) in [6, 6.07) is 1.64. The molecule has 0 amide bonds.